The Balaban J connectivity index is 1.52. The van der Waals surface area contributed by atoms with E-state index >= 15 is 0 Å². The number of imidazole rings is 2. The van der Waals surface area contributed by atoms with E-state index in [-0.39, 0.29) is 0 Å². The van der Waals surface area contributed by atoms with Crippen molar-refractivity contribution in [3.63, 3.8) is 0 Å². The third-order valence-corrected chi connectivity index (χ3v) is 5.68. The third kappa shape index (κ3) is 2.58. The van der Waals surface area contributed by atoms with Crippen LogP contribution in [-0.4, -0.2) is 50.4 Å². The van der Waals surface area contributed by atoms with Gasteiger partial charge in [0.25, 0.3) is 0 Å². The Bertz CT molecular complexity index is 1060. The summed E-state index contributed by atoms with van der Waals surface area (Å²) >= 11 is 1.67. The minimum atomic E-state index is 0.758. The minimum absolute atomic E-state index is 0.758. The molecule has 4 heterocycles. The summed E-state index contributed by atoms with van der Waals surface area (Å²) in [6, 6.07) is 6.25. The van der Waals surface area contributed by atoms with Crippen LogP contribution in [0.1, 0.15) is 0 Å². The summed E-state index contributed by atoms with van der Waals surface area (Å²) < 4.78 is 9.55. The van der Waals surface area contributed by atoms with Gasteiger partial charge in [-0.1, -0.05) is 11.3 Å². The Hall–Kier alpha value is -2.71. The van der Waals surface area contributed by atoms with Crippen LogP contribution in [0.4, 0.5) is 5.13 Å². The lowest BCUT2D eigenvalue weighted by atomic mass is 10.2. The molecule has 0 amide bonds. The summed E-state index contributed by atoms with van der Waals surface area (Å²) in [6.07, 6.45) is 7.57. The summed E-state index contributed by atoms with van der Waals surface area (Å²) in [4.78, 5) is 16.9. The smallest absolute Gasteiger partial charge is 0.186 e. The van der Waals surface area contributed by atoms with Crippen LogP contribution in [-0.2, 0) is 11.8 Å². The molecule has 0 bridgehead atoms. The zero-order chi connectivity index (χ0) is 17.5. The van der Waals surface area contributed by atoms with Gasteiger partial charge in [-0.3, -0.25) is 4.57 Å². The molecule has 0 N–H and O–H groups in total. The number of aromatic nitrogens is 5. The van der Waals surface area contributed by atoms with Crippen LogP contribution < -0.4 is 4.90 Å². The van der Waals surface area contributed by atoms with Crippen LogP contribution in [0.25, 0.3) is 27.4 Å². The van der Waals surface area contributed by atoms with Crippen molar-refractivity contribution in [3.8, 4) is 16.4 Å². The van der Waals surface area contributed by atoms with Crippen molar-refractivity contribution in [1.29, 1.82) is 0 Å². The average molecular weight is 366 g/mol. The van der Waals surface area contributed by atoms with Crippen molar-refractivity contribution in [3.05, 3.63) is 43.1 Å². The predicted molar refractivity (Wildman–Crippen MR) is 102 cm³/mol. The van der Waals surface area contributed by atoms with Gasteiger partial charge in [-0.05, 0) is 18.2 Å². The van der Waals surface area contributed by atoms with Crippen LogP contribution >= 0.6 is 11.3 Å². The van der Waals surface area contributed by atoms with Gasteiger partial charge in [-0.25, -0.2) is 15.0 Å². The topological polar surface area (TPSA) is 61.0 Å². The van der Waals surface area contributed by atoms with Gasteiger partial charge < -0.3 is 14.2 Å². The second kappa shape index (κ2) is 6.22. The van der Waals surface area contributed by atoms with Gasteiger partial charge in [-0.15, -0.1) is 0 Å². The number of rotatable bonds is 3. The number of fused-ring (bicyclic) bond motifs is 1. The second-order valence-electron chi connectivity index (χ2n) is 6.26. The van der Waals surface area contributed by atoms with Gasteiger partial charge in [0.15, 0.2) is 11.0 Å². The third-order valence-electron chi connectivity index (χ3n) is 4.62. The highest BCUT2D eigenvalue weighted by molar-refractivity contribution is 7.18. The predicted octanol–water partition coefficient (Wildman–Crippen LogP) is 2.72. The number of aryl methyl sites for hydroxylation is 1. The highest BCUT2D eigenvalue weighted by Gasteiger charge is 2.17. The van der Waals surface area contributed by atoms with Gasteiger partial charge in [0.2, 0.25) is 0 Å². The largest absolute Gasteiger partial charge is 0.378 e. The van der Waals surface area contributed by atoms with Crippen molar-refractivity contribution >= 4 is 27.5 Å². The van der Waals surface area contributed by atoms with E-state index in [1.807, 2.05) is 42.6 Å². The lowest BCUT2D eigenvalue weighted by Crippen LogP contribution is -2.36. The SMILES string of the molecule is Cn1cnc2ccc(-n3ccnc3-c3cnc(N4CCOCC4)s3)cc21. The molecule has 0 atom stereocenters. The number of morpholine rings is 1. The van der Waals surface area contributed by atoms with Crippen molar-refractivity contribution in [2.24, 2.45) is 7.05 Å². The Labute approximate surface area is 154 Å². The quantitative estimate of drug-likeness (QED) is 0.558. The zero-order valence-corrected chi connectivity index (χ0v) is 15.2. The van der Waals surface area contributed by atoms with Gasteiger partial charge in [0.1, 0.15) is 0 Å². The lowest BCUT2D eigenvalue weighted by molar-refractivity contribution is 0.122. The molecule has 5 rings (SSSR count). The number of hydrogen-bond acceptors (Lipinski definition) is 6. The number of ether oxygens (including phenoxy) is 1. The molecule has 0 saturated carbocycles. The van der Waals surface area contributed by atoms with Crippen molar-refractivity contribution in [2.75, 3.05) is 31.2 Å². The van der Waals surface area contributed by atoms with Crippen LogP contribution in [0.3, 0.4) is 0 Å². The molecule has 4 aromatic rings. The van der Waals surface area contributed by atoms with Gasteiger partial charge in [-0.2, -0.15) is 0 Å². The van der Waals surface area contributed by atoms with E-state index in [1.54, 1.807) is 11.3 Å². The molecule has 3 aromatic heterocycles. The molecule has 8 heteroatoms. The van der Waals surface area contributed by atoms with Crippen molar-refractivity contribution in [1.82, 2.24) is 24.1 Å². The number of benzene rings is 1. The molecule has 0 radical (unpaired) electrons. The first-order valence-electron chi connectivity index (χ1n) is 8.53. The van der Waals surface area contributed by atoms with Crippen LogP contribution in [0.2, 0.25) is 0 Å². The van der Waals surface area contributed by atoms with Gasteiger partial charge in [0.05, 0.1) is 41.6 Å². The van der Waals surface area contributed by atoms with E-state index in [1.165, 1.54) is 0 Å². The first-order chi connectivity index (χ1) is 12.8. The molecule has 0 aliphatic carbocycles. The van der Waals surface area contributed by atoms with E-state index in [9.17, 15) is 0 Å². The Kier molecular flexibility index (Phi) is 3.72. The molecular formula is C18H18N6OS. The molecule has 0 unspecified atom stereocenters. The fourth-order valence-corrected chi connectivity index (χ4v) is 4.19. The number of thiazole rings is 1. The number of nitrogens with zero attached hydrogens (tertiary/aromatic N) is 6. The van der Waals surface area contributed by atoms with Crippen LogP contribution in [0.15, 0.2) is 43.1 Å². The molecule has 0 spiro atoms. The van der Waals surface area contributed by atoms with Crippen LogP contribution in [0, 0.1) is 0 Å². The van der Waals surface area contributed by atoms with Gasteiger partial charge >= 0.3 is 0 Å². The molecule has 1 saturated heterocycles. The van der Waals surface area contributed by atoms with E-state index in [0.717, 1.165) is 58.9 Å². The zero-order valence-electron chi connectivity index (χ0n) is 14.4. The average Bonchev–Trinajstić information content (AvgIpc) is 3.42. The molecule has 1 fully saturated rings. The van der Waals surface area contributed by atoms with E-state index < -0.39 is 0 Å². The van der Waals surface area contributed by atoms with Crippen molar-refractivity contribution < 1.29 is 4.74 Å². The summed E-state index contributed by atoms with van der Waals surface area (Å²) in [5, 5.41) is 1.03. The molecular weight excluding hydrogens is 348 g/mol. The molecule has 7 nitrogen and oxygen atoms in total. The second-order valence-corrected chi connectivity index (χ2v) is 7.26. The molecule has 1 aromatic carbocycles. The fourth-order valence-electron chi connectivity index (χ4n) is 3.23. The first kappa shape index (κ1) is 15.5. The Morgan fingerprint density at radius 3 is 2.88 bits per heavy atom. The molecule has 1 aliphatic heterocycles. The molecule has 1 aliphatic rings. The monoisotopic (exact) mass is 366 g/mol. The maximum atomic E-state index is 5.43. The normalized spacial score (nSPS) is 15.0. The van der Waals surface area contributed by atoms with Gasteiger partial charge in [0, 0.05) is 38.2 Å². The van der Waals surface area contributed by atoms with E-state index in [2.05, 4.69) is 36.6 Å². The number of hydrogen-bond donors (Lipinski definition) is 0. The maximum Gasteiger partial charge on any atom is 0.186 e. The molecule has 132 valence electrons. The van der Waals surface area contributed by atoms with E-state index in [0.29, 0.717) is 0 Å². The minimum Gasteiger partial charge on any atom is -0.378 e. The maximum absolute atomic E-state index is 5.43. The van der Waals surface area contributed by atoms with Crippen LogP contribution in [0.5, 0.6) is 0 Å². The number of anilines is 1. The summed E-state index contributed by atoms with van der Waals surface area (Å²) in [6.45, 7) is 3.29. The standard InChI is InChI=1S/C18H18N6OS/c1-22-12-21-14-3-2-13(10-15(14)22)24-5-4-19-17(24)16-11-20-18(26-16)23-6-8-25-9-7-23/h2-5,10-12H,6-9H2,1H3. The Morgan fingerprint density at radius 1 is 1.12 bits per heavy atom. The van der Waals surface area contributed by atoms with Crippen molar-refractivity contribution in [2.45, 2.75) is 0 Å². The highest BCUT2D eigenvalue weighted by Crippen LogP contribution is 2.32. The molecule has 26 heavy (non-hydrogen) atoms. The highest BCUT2D eigenvalue weighted by atomic mass is 32.1. The lowest BCUT2D eigenvalue weighted by Gasteiger charge is -2.25. The summed E-state index contributed by atoms with van der Waals surface area (Å²) in [5.41, 5.74) is 3.15. The summed E-state index contributed by atoms with van der Waals surface area (Å²) in [7, 11) is 2.01. The first-order valence-corrected chi connectivity index (χ1v) is 9.35. The summed E-state index contributed by atoms with van der Waals surface area (Å²) in [5.74, 6) is 0.906. The van der Waals surface area contributed by atoms with E-state index in [4.69, 9.17) is 4.74 Å². The fraction of sp³-hybridized carbons (Fsp3) is 0.278. The Morgan fingerprint density at radius 2 is 2.00 bits per heavy atom.